The summed E-state index contributed by atoms with van der Waals surface area (Å²) in [6, 6.07) is 10.8. The summed E-state index contributed by atoms with van der Waals surface area (Å²) >= 11 is 0. The minimum atomic E-state index is -0.537. The number of hydrogen-bond donors (Lipinski definition) is 2. The van der Waals surface area contributed by atoms with Crippen molar-refractivity contribution in [1.29, 1.82) is 0 Å². The molecular weight excluding hydrogens is 356 g/mol. The predicted octanol–water partition coefficient (Wildman–Crippen LogP) is 3.30. The molecule has 0 atom stereocenters. The van der Waals surface area contributed by atoms with Gasteiger partial charge in [0.25, 0.3) is 11.8 Å². The number of aryl methyl sites for hydroxylation is 3. The number of anilines is 1. The van der Waals surface area contributed by atoms with E-state index < -0.39 is 18.5 Å². The molecule has 6 nitrogen and oxygen atoms in total. The first-order chi connectivity index (χ1) is 13.3. The van der Waals surface area contributed by atoms with E-state index in [1.165, 1.54) is 0 Å². The smallest absolute Gasteiger partial charge is 0.339 e. The number of amides is 2. The lowest BCUT2D eigenvalue weighted by atomic mass is 10.00. The molecule has 0 aliphatic heterocycles. The normalized spacial score (nSPS) is 13.0. The lowest BCUT2D eigenvalue weighted by Gasteiger charge is -2.13. The van der Waals surface area contributed by atoms with Crippen molar-refractivity contribution in [3.8, 4) is 0 Å². The van der Waals surface area contributed by atoms with E-state index in [4.69, 9.17) is 4.74 Å². The van der Waals surface area contributed by atoms with Gasteiger partial charge in [0.05, 0.1) is 16.8 Å². The Labute approximate surface area is 164 Å². The minimum Gasteiger partial charge on any atom is -0.452 e. The third-order valence-electron chi connectivity index (χ3n) is 4.57. The highest BCUT2D eigenvalue weighted by molar-refractivity contribution is 6.04. The van der Waals surface area contributed by atoms with Crippen LogP contribution in [0.5, 0.6) is 0 Å². The van der Waals surface area contributed by atoms with Gasteiger partial charge in [0.1, 0.15) is 0 Å². The summed E-state index contributed by atoms with van der Waals surface area (Å²) in [5, 5.41) is 5.55. The molecule has 1 saturated carbocycles. The fourth-order valence-electron chi connectivity index (χ4n) is 3.17. The molecule has 146 valence electrons. The largest absolute Gasteiger partial charge is 0.452 e. The first-order valence-corrected chi connectivity index (χ1v) is 9.30. The number of hydrogen-bond acceptors (Lipinski definition) is 4. The van der Waals surface area contributed by atoms with Gasteiger partial charge in [-0.25, -0.2) is 4.79 Å². The summed E-state index contributed by atoms with van der Waals surface area (Å²) in [7, 11) is 0. The van der Waals surface area contributed by atoms with Gasteiger partial charge < -0.3 is 15.4 Å². The van der Waals surface area contributed by atoms with Gasteiger partial charge in [0, 0.05) is 6.04 Å². The number of para-hydroxylation sites is 1. The van der Waals surface area contributed by atoms with Crippen LogP contribution in [0, 0.1) is 20.8 Å². The van der Waals surface area contributed by atoms with E-state index in [0.29, 0.717) is 16.8 Å². The zero-order valence-electron chi connectivity index (χ0n) is 16.3. The Morgan fingerprint density at radius 2 is 1.68 bits per heavy atom. The van der Waals surface area contributed by atoms with Gasteiger partial charge in [-0.15, -0.1) is 0 Å². The monoisotopic (exact) mass is 380 g/mol. The Kier molecular flexibility index (Phi) is 5.78. The van der Waals surface area contributed by atoms with E-state index in [-0.39, 0.29) is 11.9 Å². The van der Waals surface area contributed by atoms with Gasteiger partial charge in [-0.2, -0.15) is 0 Å². The maximum Gasteiger partial charge on any atom is 0.339 e. The number of benzene rings is 2. The SMILES string of the molecule is Cc1cc(C)c(C(=O)OCC(=O)Nc2ccccc2C(=O)NC2CC2)c(C)c1. The molecule has 2 amide bonds. The van der Waals surface area contributed by atoms with Crippen LogP contribution in [0.2, 0.25) is 0 Å². The standard InChI is InChI=1S/C22H24N2O4/c1-13-10-14(2)20(15(3)11-13)22(27)28-12-19(25)24-18-7-5-4-6-17(18)21(26)23-16-8-9-16/h4-7,10-11,16H,8-9,12H2,1-3H3,(H,23,26)(H,24,25). The minimum absolute atomic E-state index is 0.221. The molecule has 28 heavy (non-hydrogen) atoms. The molecule has 1 aliphatic carbocycles. The molecule has 0 radical (unpaired) electrons. The molecule has 2 N–H and O–H groups in total. The summed E-state index contributed by atoms with van der Waals surface area (Å²) in [5.41, 5.74) is 3.94. The van der Waals surface area contributed by atoms with Gasteiger partial charge in [0.2, 0.25) is 0 Å². The predicted molar refractivity (Wildman–Crippen MR) is 106 cm³/mol. The second-order valence-electron chi connectivity index (χ2n) is 7.19. The van der Waals surface area contributed by atoms with Crippen LogP contribution in [-0.2, 0) is 9.53 Å². The maximum atomic E-state index is 12.4. The molecule has 1 fully saturated rings. The molecule has 0 spiro atoms. The summed E-state index contributed by atoms with van der Waals surface area (Å²) in [5.74, 6) is -1.26. The van der Waals surface area contributed by atoms with E-state index in [9.17, 15) is 14.4 Å². The van der Waals surface area contributed by atoms with Crippen LogP contribution in [0.25, 0.3) is 0 Å². The zero-order valence-corrected chi connectivity index (χ0v) is 16.3. The molecule has 0 aromatic heterocycles. The summed E-state index contributed by atoms with van der Waals surface area (Å²) < 4.78 is 5.19. The average Bonchev–Trinajstić information content (AvgIpc) is 3.43. The van der Waals surface area contributed by atoms with Gasteiger partial charge in [0.15, 0.2) is 6.61 Å². The van der Waals surface area contributed by atoms with Crippen LogP contribution >= 0.6 is 0 Å². The zero-order chi connectivity index (χ0) is 20.3. The Morgan fingerprint density at radius 1 is 1.04 bits per heavy atom. The van der Waals surface area contributed by atoms with Gasteiger partial charge >= 0.3 is 5.97 Å². The highest BCUT2D eigenvalue weighted by Crippen LogP contribution is 2.22. The summed E-state index contributed by atoms with van der Waals surface area (Å²) in [4.78, 5) is 37.0. The van der Waals surface area contributed by atoms with Crippen molar-refractivity contribution in [2.24, 2.45) is 0 Å². The number of carbonyl (C=O) groups is 3. The molecule has 3 rings (SSSR count). The van der Waals surface area contributed by atoms with Crippen molar-refractivity contribution in [2.75, 3.05) is 11.9 Å². The van der Waals surface area contributed by atoms with Crippen molar-refractivity contribution in [1.82, 2.24) is 5.32 Å². The number of ether oxygens (including phenoxy) is 1. The number of nitrogens with one attached hydrogen (secondary N) is 2. The molecule has 1 aliphatic rings. The van der Waals surface area contributed by atoms with Crippen LogP contribution in [-0.4, -0.2) is 30.4 Å². The van der Waals surface area contributed by atoms with E-state index >= 15 is 0 Å². The third-order valence-corrected chi connectivity index (χ3v) is 4.57. The van der Waals surface area contributed by atoms with Crippen LogP contribution < -0.4 is 10.6 Å². The summed E-state index contributed by atoms with van der Waals surface area (Å²) in [6.45, 7) is 5.21. The Hall–Kier alpha value is -3.15. The van der Waals surface area contributed by atoms with E-state index in [0.717, 1.165) is 29.5 Å². The third kappa shape index (κ3) is 4.76. The average molecular weight is 380 g/mol. The van der Waals surface area contributed by atoms with Gasteiger partial charge in [-0.05, 0) is 56.9 Å². The maximum absolute atomic E-state index is 12.4. The van der Waals surface area contributed by atoms with E-state index in [1.54, 1.807) is 24.3 Å². The molecule has 2 aromatic carbocycles. The Bertz CT molecular complexity index is 909. The highest BCUT2D eigenvalue weighted by Gasteiger charge is 2.25. The van der Waals surface area contributed by atoms with Crippen molar-refractivity contribution in [2.45, 2.75) is 39.7 Å². The Morgan fingerprint density at radius 3 is 2.32 bits per heavy atom. The quantitative estimate of drug-likeness (QED) is 0.753. The Balaban J connectivity index is 1.62. The van der Waals surface area contributed by atoms with Crippen molar-refractivity contribution >= 4 is 23.5 Å². The van der Waals surface area contributed by atoms with Gasteiger partial charge in [-0.3, -0.25) is 9.59 Å². The summed E-state index contributed by atoms with van der Waals surface area (Å²) in [6.07, 6.45) is 1.96. The molecule has 2 aromatic rings. The molecular formula is C22H24N2O4. The molecule has 6 heteroatoms. The van der Waals surface area contributed by atoms with Crippen molar-refractivity contribution in [3.05, 3.63) is 64.2 Å². The van der Waals surface area contributed by atoms with Crippen molar-refractivity contribution in [3.63, 3.8) is 0 Å². The fraction of sp³-hybridized carbons (Fsp3) is 0.318. The first-order valence-electron chi connectivity index (χ1n) is 9.30. The van der Waals surface area contributed by atoms with Crippen LogP contribution in [0.1, 0.15) is 50.2 Å². The van der Waals surface area contributed by atoms with Crippen LogP contribution in [0.3, 0.4) is 0 Å². The number of esters is 1. The lowest BCUT2D eigenvalue weighted by molar-refractivity contribution is -0.119. The van der Waals surface area contributed by atoms with E-state index in [2.05, 4.69) is 10.6 Å². The molecule has 0 heterocycles. The second kappa shape index (κ2) is 8.25. The molecule has 0 bridgehead atoms. The second-order valence-corrected chi connectivity index (χ2v) is 7.19. The van der Waals surface area contributed by atoms with E-state index in [1.807, 2.05) is 32.9 Å². The topological polar surface area (TPSA) is 84.5 Å². The molecule has 0 unspecified atom stereocenters. The fourth-order valence-corrected chi connectivity index (χ4v) is 3.17. The first kappa shape index (κ1) is 19.6. The van der Waals surface area contributed by atoms with Crippen LogP contribution in [0.15, 0.2) is 36.4 Å². The van der Waals surface area contributed by atoms with Gasteiger partial charge in [-0.1, -0.05) is 29.8 Å². The van der Waals surface area contributed by atoms with Crippen LogP contribution in [0.4, 0.5) is 5.69 Å². The number of rotatable bonds is 6. The van der Waals surface area contributed by atoms with Crippen molar-refractivity contribution < 1.29 is 19.1 Å². The lowest BCUT2D eigenvalue weighted by Crippen LogP contribution is -2.28. The molecule has 0 saturated heterocycles. The highest BCUT2D eigenvalue weighted by atomic mass is 16.5. The number of carbonyl (C=O) groups excluding carboxylic acids is 3.